The van der Waals surface area contributed by atoms with Crippen molar-refractivity contribution in [2.45, 2.75) is 49.8 Å². The molecule has 1 heterocycles. The molecule has 0 saturated carbocycles. The maximum Gasteiger partial charge on any atom is 0.457 e. The molecule has 58 valence electrons. The summed E-state index contributed by atoms with van der Waals surface area (Å²) in [5.74, 6) is 2.32. The van der Waals surface area contributed by atoms with Crippen LogP contribution in [-0.2, 0) is 3.79 Å². The zero-order chi connectivity index (χ0) is 7.40. The maximum absolute atomic E-state index is 5.87. The summed E-state index contributed by atoms with van der Waals surface area (Å²) in [4.78, 5) is 0. The summed E-state index contributed by atoms with van der Waals surface area (Å²) < 4.78 is 5.87. The summed E-state index contributed by atoms with van der Waals surface area (Å²) in [6.07, 6.45) is 5.97. The Bertz CT molecular complexity index is 93.3. The molecule has 1 unspecified atom stereocenters. The molecule has 1 fully saturated rings. The third kappa shape index (κ3) is 2.62. The molecule has 0 aliphatic carbocycles. The van der Waals surface area contributed by atoms with E-state index in [0.717, 1.165) is 0 Å². The molecule has 0 radical (unpaired) electrons. The van der Waals surface area contributed by atoms with Crippen molar-refractivity contribution in [3.63, 3.8) is 0 Å². The van der Waals surface area contributed by atoms with Gasteiger partial charge in [0.2, 0.25) is 0 Å². The highest BCUT2D eigenvalue weighted by atomic mass is 27.2. The molecule has 0 N–H and O–H groups in total. The van der Waals surface area contributed by atoms with Gasteiger partial charge < -0.3 is 3.79 Å². The average Bonchev–Trinajstić information content (AvgIpc) is 1.88. The van der Waals surface area contributed by atoms with Gasteiger partial charge >= 0.3 is 14.5 Å². The lowest BCUT2D eigenvalue weighted by molar-refractivity contribution is 0.162. The zero-order valence-corrected chi connectivity index (χ0v) is 8.25. The molecule has 0 bridgehead atoms. The first-order chi connectivity index (χ1) is 4.83. The van der Waals surface area contributed by atoms with Crippen LogP contribution in [0.25, 0.3) is 0 Å². The van der Waals surface area contributed by atoms with Gasteiger partial charge in [-0.25, -0.2) is 0 Å². The summed E-state index contributed by atoms with van der Waals surface area (Å²) >= 11 is -0.684. The van der Waals surface area contributed by atoms with Crippen molar-refractivity contribution in [2.24, 2.45) is 0 Å². The Morgan fingerprint density at radius 3 is 3.00 bits per heavy atom. The van der Waals surface area contributed by atoms with Gasteiger partial charge in [-0.3, -0.25) is 0 Å². The van der Waals surface area contributed by atoms with Gasteiger partial charge in [-0.1, -0.05) is 30.8 Å². The van der Waals surface area contributed by atoms with Gasteiger partial charge in [0.1, 0.15) is 0 Å². The highest BCUT2D eigenvalue weighted by Gasteiger charge is 2.23. The molecule has 10 heavy (non-hydrogen) atoms. The van der Waals surface area contributed by atoms with Gasteiger partial charge in [-0.05, 0) is 12.8 Å². The maximum atomic E-state index is 5.87. The van der Waals surface area contributed by atoms with Crippen LogP contribution in [0, 0.1) is 0 Å². The summed E-state index contributed by atoms with van der Waals surface area (Å²) in [5, 5.41) is 1.40. The molecular formula is C8H17AlO. The number of hydrogen-bond acceptors (Lipinski definition) is 1. The van der Waals surface area contributed by atoms with Crippen LogP contribution < -0.4 is 0 Å². The van der Waals surface area contributed by atoms with E-state index >= 15 is 0 Å². The minimum Gasteiger partial charge on any atom is -0.498 e. The number of rotatable bonds is 2. The molecule has 1 rings (SSSR count). The molecule has 0 spiro atoms. The Labute approximate surface area is 68.5 Å². The van der Waals surface area contributed by atoms with E-state index in [4.69, 9.17) is 3.79 Å². The molecule has 2 heteroatoms. The monoisotopic (exact) mass is 156 g/mol. The van der Waals surface area contributed by atoms with Gasteiger partial charge in [0.15, 0.2) is 0 Å². The second-order valence-corrected chi connectivity index (χ2v) is 5.76. The van der Waals surface area contributed by atoms with E-state index in [1.54, 1.807) is 0 Å². The highest BCUT2D eigenvalue weighted by molar-refractivity contribution is 6.50. The van der Waals surface area contributed by atoms with Crippen LogP contribution in [0.1, 0.15) is 32.6 Å². The van der Waals surface area contributed by atoms with Crippen LogP contribution >= 0.6 is 0 Å². The minimum atomic E-state index is -0.684. The standard InChI is InChI=1S/C7H14O.CH3.Al/c1-3-5-7(8)6-4-2;;/h7H,1,3-6H2,2H3;1H3;/q-1;;+1. The fourth-order valence-corrected chi connectivity index (χ4v) is 3.51. The Hall–Kier alpha value is 0.492. The fraction of sp³-hybridized carbons (Fsp3) is 1.00. The van der Waals surface area contributed by atoms with Crippen LogP contribution in [0.3, 0.4) is 0 Å². The van der Waals surface area contributed by atoms with Crippen LogP contribution in [0.15, 0.2) is 0 Å². The van der Waals surface area contributed by atoms with E-state index in [2.05, 4.69) is 12.7 Å². The van der Waals surface area contributed by atoms with Crippen molar-refractivity contribution in [3.05, 3.63) is 0 Å². The Morgan fingerprint density at radius 1 is 1.60 bits per heavy atom. The van der Waals surface area contributed by atoms with E-state index in [-0.39, 0.29) is 0 Å². The Morgan fingerprint density at radius 2 is 2.40 bits per heavy atom. The van der Waals surface area contributed by atoms with Crippen LogP contribution in [0.5, 0.6) is 0 Å². The smallest absolute Gasteiger partial charge is 0.457 e. The second kappa shape index (κ2) is 4.39. The first-order valence-electron chi connectivity index (χ1n) is 4.48. The van der Waals surface area contributed by atoms with Gasteiger partial charge in [0, 0.05) is 6.10 Å². The molecule has 1 aliphatic rings. The first kappa shape index (κ1) is 8.59. The van der Waals surface area contributed by atoms with Crippen LogP contribution in [-0.4, -0.2) is 20.6 Å². The molecule has 1 atom stereocenters. The lowest BCUT2D eigenvalue weighted by Gasteiger charge is -2.25. The zero-order valence-electron chi connectivity index (χ0n) is 7.10. The number of hydrogen-bond donors (Lipinski definition) is 0. The molecule has 0 amide bonds. The highest BCUT2D eigenvalue weighted by Crippen LogP contribution is 2.20. The second-order valence-electron chi connectivity index (χ2n) is 3.29. The molecule has 1 nitrogen and oxygen atoms in total. The van der Waals surface area contributed by atoms with E-state index < -0.39 is 14.5 Å². The SMILES string of the molecule is CCCC1CC[CH2][Al]([CH3])[O]1. The van der Waals surface area contributed by atoms with Crippen molar-refractivity contribution >= 4 is 14.5 Å². The van der Waals surface area contributed by atoms with Crippen molar-refractivity contribution < 1.29 is 3.79 Å². The predicted octanol–water partition coefficient (Wildman–Crippen LogP) is 2.59. The van der Waals surface area contributed by atoms with E-state index in [1.807, 2.05) is 0 Å². The lowest BCUT2D eigenvalue weighted by Crippen LogP contribution is -2.27. The van der Waals surface area contributed by atoms with Crippen molar-refractivity contribution in [1.82, 2.24) is 0 Å². The molecule has 0 aromatic rings. The third-order valence-electron chi connectivity index (χ3n) is 2.17. The minimum absolute atomic E-state index is 0.639. The van der Waals surface area contributed by atoms with E-state index in [0.29, 0.717) is 6.10 Å². The Kier molecular flexibility index (Phi) is 3.77. The van der Waals surface area contributed by atoms with Crippen LogP contribution in [0.2, 0.25) is 11.1 Å². The lowest BCUT2D eigenvalue weighted by atomic mass is 10.1. The third-order valence-corrected chi connectivity index (χ3v) is 4.24. The Balaban J connectivity index is 2.18. The van der Waals surface area contributed by atoms with E-state index in [1.165, 1.54) is 31.0 Å². The van der Waals surface area contributed by atoms with Gasteiger partial charge in [0.25, 0.3) is 0 Å². The first-order valence-corrected chi connectivity index (χ1v) is 6.92. The van der Waals surface area contributed by atoms with Gasteiger partial charge in [0.05, 0.1) is 0 Å². The topological polar surface area (TPSA) is 9.23 Å². The van der Waals surface area contributed by atoms with Crippen molar-refractivity contribution in [3.8, 4) is 0 Å². The van der Waals surface area contributed by atoms with Gasteiger partial charge in [-0.15, -0.1) is 0 Å². The fourth-order valence-electron chi connectivity index (χ4n) is 1.63. The summed E-state index contributed by atoms with van der Waals surface area (Å²) in [7, 11) is 0. The summed E-state index contributed by atoms with van der Waals surface area (Å²) in [6, 6.07) is 0. The van der Waals surface area contributed by atoms with Crippen molar-refractivity contribution in [2.75, 3.05) is 0 Å². The molecule has 0 aromatic carbocycles. The van der Waals surface area contributed by atoms with E-state index in [9.17, 15) is 0 Å². The van der Waals surface area contributed by atoms with Gasteiger partial charge in [-0.2, -0.15) is 0 Å². The normalized spacial score (nSPS) is 27.0. The molecule has 1 aliphatic heterocycles. The molecule has 1 saturated heterocycles. The molecule has 0 aromatic heterocycles. The average molecular weight is 156 g/mol. The van der Waals surface area contributed by atoms with Crippen molar-refractivity contribution in [1.29, 1.82) is 0 Å². The summed E-state index contributed by atoms with van der Waals surface area (Å²) in [5.41, 5.74) is 0. The van der Waals surface area contributed by atoms with Crippen LogP contribution in [0.4, 0.5) is 0 Å². The predicted molar refractivity (Wildman–Crippen MR) is 45.4 cm³/mol. The quantitative estimate of drug-likeness (QED) is 0.558. The molecular weight excluding hydrogens is 139 g/mol. The summed E-state index contributed by atoms with van der Waals surface area (Å²) in [6.45, 7) is 2.24. The largest absolute Gasteiger partial charge is 0.498 e.